The first-order chi connectivity index (χ1) is 11.9. The van der Waals surface area contributed by atoms with Crippen molar-refractivity contribution in [1.29, 1.82) is 0 Å². The molecule has 26 heavy (non-hydrogen) atoms. The van der Waals surface area contributed by atoms with E-state index in [1.807, 2.05) is 30.3 Å². The molecule has 0 aliphatic heterocycles. The molecule has 1 N–H and O–H groups in total. The van der Waals surface area contributed by atoms with E-state index < -0.39 is 25.6 Å². The Labute approximate surface area is 157 Å². The zero-order valence-electron chi connectivity index (χ0n) is 14.8. The number of carbonyl (C=O) groups excluding carboxylic acids is 1. The van der Waals surface area contributed by atoms with E-state index in [0.29, 0.717) is 6.54 Å². The summed E-state index contributed by atoms with van der Waals surface area (Å²) in [7, 11) is -4.57. The third-order valence-corrected chi connectivity index (χ3v) is 5.70. The highest BCUT2D eigenvalue weighted by Gasteiger charge is 2.18. The Morgan fingerprint density at radius 2 is 1.38 bits per heavy atom. The van der Waals surface area contributed by atoms with Gasteiger partial charge in [0.1, 0.15) is 0 Å². The molecule has 0 aliphatic rings. The van der Waals surface area contributed by atoms with Crippen molar-refractivity contribution in [2.24, 2.45) is 0 Å². The first-order valence-electron chi connectivity index (χ1n) is 7.59. The topological polar surface area (TPSA) is 97.4 Å². The highest BCUT2D eigenvalue weighted by atomic mass is 32.2. The van der Waals surface area contributed by atoms with Crippen LogP contribution in [0.1, 0.15) is 17.3 Å². The van der Waals surface area contributed by atoms with Crippen molar-refractivity contribution in [3.8, 4) is 0 Å². The Kier molecular flexibility index (Phi) is 7.93. The van der Waals surface area contributed by atoms with Crippen molar-refractivity contribution >= 4 is 40.1 Å². The molecule has 0 saturated carbocycles. The molecule has 2 rings (SSSR count). The smallest absolute Gasteiger partial charge is 0.251 e. The molecular formula is C17H22NO5PS2. The van der Waals surface area contributed by atoms with Gasteiger partial charge in [-0.3, -0.25) is 4.79 Å². The van der Waals surface area contributed by atoms with E-state index in [4.69, 9.17) is 0 Å². The summed E-state index contributed by atoms with van der Waals surface area (Å²) in [6.07, 6.45) is 1.91. The van der Waals surface area contributed by atoms with Gasteiger partial charge in [-0.1, -0.05) is 30.3 Å². The summed E-state index contributed by atoms with van der Waals surface area (Å²) in [5.41, 5.74) is 0.00481. The first kappa shape index (κ1) is 22.3. The zero-order valence-corrected chi connectivity index (χ0v) is 17.5. The normalized spacial score (nSPS) is 11.2. The highest BCUT2D eigenvalue weighted by Crippen LogP contribution is 2.19. The van der Waals surface area contributed by atoms with Crippen LogP contribution in [-0.2, 0) is 19.7 Å². The van der Waals surface area contributed by atoms with Crippen LogP contribution in [0.15, 0.2) is 58.3 Å². The molecule has 1 amide bonds. The van der Waals surface area contributed by atoms with E-state index in [2.05, 4.69) is 14.6 Å². The van der Waals surface area contributed by atoms with Crippen LogP contribution in [0.5, 0.6) is 0 Å². The lowest BCUT2D eigenvalue weighted by Gasteiger charge is -2.07. The molecule has 1 atom stereocenters. The second-order valence-electron chi connectivity index (χ2n) is 5.51. The summed E-state index contributed by atoms with van der Waals surface area (Å²) in [6, 6.07) is 13.5. The molecule has 2 aromatic carbocycles. The number of amides is 1. The Morgan fingerprint density at radius 3 is 1.69 bits per heavy atom. The van der Waals surface area contributed by atoms with E-state index >= 15 is 0 Å². The number of rotatable bonds is 4. The quantitative estimate of drug-likeness (QED) is 0.762. The predicted octanol–water partition coefficient (Wildman–Crippen LogP) is 1.43. The standard InChI is InChI=1S/C11H15NO5S2.C6H7P/c1-4-12-11(13)8-5-9(18(2,14)15)7-10(6-8)19(3,16)17;7-6-4-2-1-3-5-6/h5-7H,4H2,1-3H3,(H,12,13);1-5H,7H2. The van der Waals surface area contributed by atoms with Crippen LogP contribution in [0.2, 0.25) is 0 Å². The maximum Gasteiger partial charge on any atom is 0.251 e. The van der Waals surface area contributed by atoms with E-state index in [1.54, 1.807) is 6.92 Å². The van der Waals surface area contributed by atoms with E-state index in [1.165, 1.54) is 5.30 Å². The van der Waals surface area contributed by atoms with Gasteiger partial charge in [0.15, 0.2) is 19.7 Å². The maximum absolute atomic E-state index is 11.7. The summed E-state index contributed by atoms with van der Waals surface area (Å²) < 4.78 is 46.1. The third-order valence-electron chi connectivity index (χ3n) is 3.14. The van der Waals surface area contributed by atoms with Gasteiger partial charge in [0.05, 0.1) is 9.79 Å². The molecular weight excluding hydrogens is 393 g/mol. The number of benzene rings is 2. The lowest BCUT2D eigenvalue weighted by molar-refractivity contribution is 0.0955. The lowest BCUT2D eigenvalue weighted by atomic mass is 10.2. The van der Waals surface area contributed by atoms with E-state index in [9.17, 15) is 21.6 Å². The molecule has 0 radical (unpaired) electrons. The van der Waals surface area contributed by atoms with Crippen molar-refractivity contribution in [3.05, 3.63) is 54.1 Å². The number of hydrogen-bond donors (Lipinski definition) is 1. The molecule has 0 heterocycles. The largest absolute Gasteiger partial charge is 0.352 e. The molecule has 2 aromatic rings. The molecule has 6 nitrogen and oxygen atoms in total. The molecule has 0 aromatic heterocycles. The molecule has 0 spiro atoms. The molecule has 9 heteroatoms. The summed E-state index contributed by atoms with van der Waals surface area (Å²) in [6.45, 7) is 2.06. The first-order valence-corrected chi connectivity index (χ1v) is 11.9. The second-order valence-corrected chi connectivity index (χ2v) is 10.2. The molecule has 0 aliphatic carbocycles. The average molecular weight is 415 g/mol. The minimum atomic E-state index is -3.60. The van der Waals surface area contributed by atoms with Crippen molar-refractivity contribution in [3.63, 3.8) is 0 Å². The van der Waals surface area contributed by atoms with Gasteiger partial charge in [-0.05, 0) is 30.4 Å². The fourth-order valence-electron chi connectivity index (χ4n) is 1.85. The summed E-state index contributed by atoms with van der Waals surface area (Å²) in [5.74, 6) is -0.516. The van der Waals surface area contributed by atoms with Gasteiger partial charge in [-0.2, -0.15) is 0 Å². The van der Waals surface area contributed by atoms with Crippen LogP contribution in [0.3, 0.4) is 0 Å². The number of carbonyl (C=O) groups is 1. The Bertz CT molecular complexity index is 921. The second kappa shape index (κ2) is 9.26. The van der Waals surface area contributed by atoms with Gasteiger partial charge in [0.2, 0.25) is 0 Å². The maximum atomic E-state index is 11.7. The number of nitrogens with one attached hydrogen (secondary N) is 1. The van der Waals surface area contributed by atoms with E-state index in [-0.39, 0.29) is 15.4 Å². The molecule has 0 bridgehead atoms. The highest BCUT2D eigenvalue weighted by molar-refractivity contribution is 7.91. The fraction of sp³-hybridized carbons (Fsp3) is 0.235. The van der Waals surface area contributed by atoms with E-state index in [0.717, 1.165) is 30.7 Å². The Hall–Kier alpha value is -1.76. The predicted molar refractivity (Wildman–Crippen MR) is 106 cm³/mol. The Balaban J connectivity index is 0.000000401. The fourth-order valence-corrected chi connectivity index (χ4v) is 3.51. The molecule has 1 unspecified atom stereocenters. The minimum Gasteiger partial charge on any atom is -0.352 e. The monoisotopic (exact) mass is 415 g/mol. The zero-order chi connectivity index (χ0) is 20.0. The van der Waals surface area contributed by atoms with Gasteiger partial charge in [-0.15, -0.1) is 9.24 Å². The van der Waals surface area contributed by atoms with Gasteiger partial charge < -0.3 is 5.32 Å². The van der Waals surface area contributed by atoms with Crippen LogP contribution in [-0.4, -0.2) is 41.8 Å². The van der Waals surface area contributed by atoms with Crippen LogP contribution in [0, 0.1) is 0 Å². The van der Waals surface area contributed by atoms with Crippen molar-refractivity contribution in [2.75, 3.05) is 19.1 Å². The van der Waals surface area contributed by atoms with Gasteiger partial charge >= 0.3 is 0 Å². The molecule has 142 valence electrons. The Morgan fingerprint density at radius 1 is 0.923 bits per heavy atom. The lowest BCUT2D eigenvalue weighted by Crippen LogP contribution is -2.23. The average Bonchev–Trinajstić information content (AvgIpc) is 2.54. The molecule has 0 fully saturated rings. The number of hydrogen-bond acceptors (Lipinski definition) is 5. The summed E-state index contributed by atoms with van der Waals surface area (Å²) in [4.78, 5) is 11.3. The SMILES string of the molecule is CCNC(=O)c1cc(S(C)(=O)=O)cc(S(C)(=O)=O)c1.Pc1ccccc1. The van der Waals surface area contributed by atoms with Crippen LogP contribution in [0.4, 0.5) is 0 Å². The van der Waals surface area contributed by atoms with Gasteiger partial charge in [0.25, 0.3) is 5.91 Å². The van der Waals surface area contributed by atoms with Crippen LogP contribution < -0.4 is 10.6 Å². The van der Waals surface area contributed by atoms with Crippen LogP contribution >= 0.6 is 9.24 Å². The number of sulfone groups is 2. The van der Waals surface area contributed by atoms with Crippen molar-refractivity contribution < 1.29 is 21.6 Å². The van der Waals surface area contributed by atoms with Gasteiger partial charge in [-0.25, -0.2) is 16.8 Å². The molecule has 0 saturated heterocycles. The van der Waals surface area contributed by atoms with Crippen molar-refractivity contribution in [2.45, 2.75) is 16.7 Å². The summed E-state index contributed by atoms with van der Waals surface area (Å²) >= 11 is 0. The minimum absolute atomic E-state index is 0.00481. The summed E-state index contributed by atoms with van der Waals surface area (Å²) in [5, 5.41) is 3.73. The van der Waals surface area contributed by atoms with Gasteiger partial charge in [0, 0.05) is 24.6 Å². The third kappa shape index (κ3) is 7.23. The van der Waals surface area contributed by atoms with Crippen LogP contribution in [0.25, 0.3) is 0 Å². The van der Waals surface area contributed by atoms with Crippen molar-refractivity contribution in [1.82, 2.24) is 5.32 Å².